The summed E-state index contributed by atoms with van der Waals surface area (Å²) in [7, 11) is 0. The van der Waals surface area contributed by atoms with E-state index in [0.29, 0.717) is 11.0 Å². The van der Waals surface area contributed by atoms with Crippen LogP contribution in [0.5, 0.6) is 0 Å². The lowest BCUT2D eigenvalue weighted by Crippen LogP contribution is -2.45. The first-order valence-corrected chi connectivity index (χ1v) is 6.36. The Bertz CT molecular complexity index is 422. The van der Waals surface area contributed by atoms with Crippen LogP contribution in [0.4, 0.5) is 0 Å². The number of pyridine rings is 1. The van der Waals surface area contributed by atoms with Crippen molar-refractivity contribution in [2.45, 2.75) is 45.7 Å². The maximum absolute atomic E-state index is 11.9. The number of aryl methyl sites for hydroxylation is 1. The summed E-state index contributed by atoms with van der Waals surface area (Å²) in [4.78, 5) is 11.9. The van der Waals surface area contributed by atoms with Crippen molar-refractivity contribution in [3.63, 3.8) is 0 Å². The number of nitrogens with zero attached hydrogens (tertiary/aromatic N) is 1. The van der Waals surface area contributed by atoms with E-state index in [9.17, 15) is 4.79 Å². The number of nitrogens with two attached hydrogens (primary N) is 1. The predicted molar refractivity (Wildman–Crippen MR) is 70.6 cm³/mol. The summed E-state index contributed by atoms with van der Waals surface area (Å²) in [5, 5.41) is 0. The molecule has 0 aromatic carbocycles. The van der Waals surface area contributed by atoms with Gasteiger partial charge in [0.2, 0.25) is 0 Å². The van der Waals surface area contributed by atoms with Gasteiger partial charge in [0.15, 0.2) is 0 Å². The number of halogens is 1. The van der Waals surface area contributed by atoms with E-state index in [1.54, 1.807) is 4.57 Å². The van der Waals surface area contributed by atoms with Crippen LogP contribution in [0.3, 0.4) is 0 Å². The minimum Gasteiger partial charge on any atom is -0.324 e. The van der Waals surface area contributed by atoms with Crippen LogP contribution in [-0.2, 0) is 6.54 Å². The molecule has 1 rings (SSSR count). The summed E-state index contributed by atoms with van der Waals surface area (Å²) in [6.07, 6.45) is 3.59. The third-order valence-corrected chi connectivity index (χ3v) is 3.64. The molecule has 0 aliphatic heterocycles. The maximum Gasteiger partial charge on any atom is 0.264 e. The lowest BCUT2D eigenvalue weighted by atomic mass is 9.94. The second-order valence-corrected chi connectivity index (χ2v) is 5.22. The van der Waals surface area contributed by atoms with Crippen LogP contribution in [0.2, 0.25) is 0 Å². The fraction of sp³-hybridized carbons (Fsp3) is 0.583. The molecule has 0 fully saturated rings. The van der Waals surface area contributed by atoms with Crippen molar-refractivity contribution >= 4 is 15.9 Å². The fourth-order valence-corrected chi connectivity index (χ4v) is 2.26. The summed E-state index contributed by atoms with van der Waals surface area (Å²) in [5.74, 6) is 0. The Morgan fingerprint density at radius 1 is 1.44 bits per heavy atom. The molecule has 1 aromatic heterocycles. The highest BCUT2D eigenvalue weighted by molar-refractivity contribution is 9.10. The van der Waals surface area contributed by atoms with Crippen molar-refractivity contribution < 1.29 is 0 Å². The van der Waals surface area contributed by atoms with Gasteiger partial charge in [0.25, 0.3) is 5.56 Å². The topological polar surface area (TPSA) is 48.0 Å². The van der Waals surface area contributed by atoms with Crippen molar-refractivity contribution in [3.05, 3.63) is 32.7 Å². The third kappa shape index (κ3) is 2.95. The zero-order valence-corrected chi connectivity index (χ0v) is 11.7. The van der Waals surface area contributed by atoms with Crippen molar-refractivity contribution in [1.29, 1.82) is 0 Å². The quantitative estimate of drug-likeness (QED) is 0.924. The molecule has 0 aliphatic rings. The summed E-state index contributed by atoms with van der Waals surface area (Å²) < 4.78 is 2.30. The Labute approximate surface area is 105 Å². The van der Waals surface area contributed by atoms with E-state index < -0.39 is 0 Å². The molecule has 0 atom stereocenters. The summed E-state index contributed by atoms with van der Waals surface area (Å²) in [5.41, 5.74) is 6.97. The zero-order chi connectivity index (χ0) is 12.3. The van der Waals surface area contributed by atoms with Gasteiger partial charge in [-0.25, -0.2) is 0 Å². The average Bonchev–Trinajstić information content (AvgIpc) is 2.25. The van der Waals surface area contributed by atoms with E-state index in [2.05, 4.69) is 29.8 Å². The van der Waals surface area contributed by atoms with E-state index in [4.69, 9.17) is 5.73 Å². The van der Waals surface area contributed by atoms with Crippen molar-refractivity contribution in [2.75, 3.05) is 0 Å². The number of hydrogen-bond donors (Lipinski definition) is 1. The highest BCUT2D eigenvalue weighted by Crippen LogP contribution is 2.14. The smallest absolute Gasteiger partial charge is 0.264 e. The molecule has 90 valence electrons. The summed E-state index contributed by atoms with van der Waals surface area (Å²) >= 11 is 3.27. The van der Waals surface area contributed by atoms with Crippen LogP contribution in [0.25, 0.3) is 0 Å². The minimum absolute atomic E-state index is 0.0117. The largest absolute Gasteiger partial charge is 0.324 e. The van der Waals surface area contributed by atoms with Crippen LogP contribution in [0.1, 0.15) is 32.3 Å². The molecule has 0 aliphatic carbocycles. The third-order valence-electron chi connectivity index (χ3n) is 3.07. The first kappa shape index (κ1) is 13.5. The molecule has 0 saturated carbocycles. The Balaban J connectivity index is 3.10. The minimum atomic E-state index is -0.295. The number of rotatable bonds is 4. The molecule has 0 bridgehead atoms. The van der Waals surface area contributed by atoms with Crippen LogP contribution >= 0.6 is 15.9 Å². The van der Waals surface area contributed by atoms with Crippen LogP contribution in [0.15, 0.2) is 21.5 Å². The molecule has 1 aromatic rings. The standard InChI is InChI=1S/C12H19BrN2O/c1-4-12(14,5-2)8-15-7-9(3)6-10(13)11(15)16/h6-7H,4-5,8,14H2,1-3H3. The molecule has 4 heteroatoms. The van der Waals surface area contributed by atoms with Gasteiger partial charge in [0.1, 0.15) is 0 Å². The lowest BCUT2D eigenvalue weighted by molar-refractivity contribution is 0.334. The van der Waals surface area contributed by atoms with Gasteiger partial charge >= 0.3 is 0 Å². The summed E-state index contributed by atoms with van der Waals surface area (Å²) in [6, 6.07) is 1.83. The molecular formula is C12H19BrN2O. The van der Waals surface area contributed by atoms with Crippen molar-refractivity contribution in [2.24, 2.45) is 5.73 Å². The predicted octanol–water partition coefficient (Wildman–Crippen LogP) is 2.44. The van der Waals surface area contributed by atoms with Gasteiger partial charge in [-0.1, -0.05) is 13.8 Å². The first-order chi connectivity index (χ1) is 7.41. The highest BCUT2D eigenvalue weighted by Gasteiger charge is 2.21. The second-order valence-electron chi connectivity index (χ2n) is 4.37. The van der Waals surface area contributed by atoms with Gasteiger partial charge in [0.05, 0.1) is 4.47 Å². The van der Waals surface area contributed by atoms with Crippen molar-refractivity contribution in [3.8, 4) is 0 Å². The average molecular weight is 287 g/mol. The van der Waals surface area contributed by atoms with Gasteiger partial charge in [-0.3, -0.25) is 4.79 Å². The maximum atomic E-state index is 11.9. The Morgan fingerprint density at radius 3 is 2.50 bits per heavy atom. The van der Waals surface area contributed by atoms with E-state index in [1.807, 2.05) is 19.2 Å². The zero-order valence-electron chi connectivity index (χ0n) is 10.1. The van der Waals surface area contributed by atoms with E-state index in [-0.39, 0.29) is 11.1 Å². The molecule has 0 radical (unpaired) electrons. The van der Waals surface area contributed by atoms with Gasteiger partial charge < -0.3 is 10.3 Å². The fourth-order valence-electron chi connectivity index (χ4n) is 1.67. The molecule has 0 unspecified atom stereocenters. The normalized spacial score (nSPS) is 11.8. The van der Waals surface area contributed by atoms with Crippen LogP contribution < -0.4 is 11.3 Å². The van der Waals surface area contributed by atoms with Crippen LogP contribution in [0, 0.1) is 6.92 Å². The van der Waals surface area contributed by atoms with Gasteiger partial charge in [-0.15, -0.1) is 0 Å². The molecule has 1 heterocycles. The van der Waals surface area contributed by atoms with E-state index in [1.165, 1.54) is 0 Å². The molecular weight excluding hydrogens is 268 g/mol. The van der Waals surface area contributed by atoms with Gasteiger partial charge in [0, 0.05) is 18.3 Å². The summed E-state index contributed by atoms with van der Waals surface area (Å²) in [6.45, 7) is 6.65. The highest BCUT2D eigenvalue weighted by atomic mass is 79.9. The molecule has 0 amide bonds. The first-order valence-electron chi connectivity index (χ1n) is 5.57. The number of aromatic nitrogens is 1. The molecule has 16 heavy (non-hydrogen) atoms. The van der Waals surface area contributed by atoms with Gasteiger partial charge in [-0.2, -0.15) is 0 Å². The van der Waals surface area contributed by atoms with Gasteiger partial charge in [-0.05, 0) is 47.3 Å². The van der Waals surface area contributed by atoms with Crippen molar-refractivity contribution in [1.82, 2.24) is 4.57 Å². The monoisotopic (exact) mass is 286 g/mol. The van der Waals surface area contributed by atoms with E-state index >= 15 is 0 Å². The molecule has 3 nitrogen and oxygen atoms in total. The Hall–Kier alpha value is -0.610. The SMILES string of the molecule is CCC(N)(CC)Cn1cc(C)cc(Br)c1=O. The molecule has 0 saturated heterocycles. The molecule has 0 spiro atoms. The Kier molecular flexibility index (Phi) is 4.33. The van der Waals surface area contributed by atoms with Crippen LogP contribution in [-0.4, -0.2) is 10.1 Å². The number of hydrogen-bond acceptors (Lipinski definition) is 2. The Morgan fingerprint density at radius 2 is 2.00 bits per heavy atom. The van der Waals surface area contributed by atoms with E-state index in [0.717, 1.165) is 18.4 Å². The molecule has 2 N–H and O–H groups in total. The second kappa shape index (κ2) is 5.15. The lowest BCUT2D eigenvalue weighted by Gasteiger charge is -2.27.